The lowest BCUT2D eigenvalue weighted by atomic mass is 9.96. The molecule has 0 saturated heterocycles. The van der Waals surface area contributed by atoms with Crippen molar-refractivity contribution >= 4 is 11.9 Å². The van der Waals surface area contributed by atoms with Crippen LogP contribution in [0.4, 0.5) is 0 Å². The molecule has 0 amide bonds. The van der Waals surface area contributed by atoms with E-state index < -0.39 is 0 Å². The van der Waals surface area contributed by atoms with E-state index in [1.54, 1.807) is 0 Å². The summed E-state index contributed by atoms with van der Waals surface area (Å²) in [4.78, 5) is 24.2. The average molecular weight is 553 g/mol. The predicted octanol–water partition coefficient (Wildman–Crippen LogP) is 11.3. The number of carbonyl (C=O) groups is 2. The fourth-order valence-electron chi connectivity index (χ4n) is 4.96. The number of unbranched alkanes of at least 4 members (excludes halogenated alkanes) is 22. The van der Waals surface area contributed by atoms with Crippen LogP contribution in [0.2, 0.25) is 0 Å². The van der Waals surface area contributed by atoms with E-state index in [1.807, 2.05) is 13.8 Å². The largest absolute Gasteiger partial charge is 0.465 e. The summed E-state index contributed by atoms with van der Waals surface area (Å²) in [6.07, 6.45) is 31.9. The molecule has 0 saturated carbocycles. The van der Waals surface area contributed by atoms with E-state index >= 15 is 0 Å². The highest BCUT2D eigenvalue weighted by molar-refractivity contribution is 5.69. The molecule has 0 radical (unpaired) electrons. The normalized spacial score (nSPS) is 11.6. The molecule has 4 heteroatoms. The Kier molecular flexibility index (Phi) is 27.7. The van der Waals surface area contributed by atoms with Gasteiger partial charge in [0.25, 0.3) is 0 Å². The second-order valence-electron chi connectivity index (χ2n) is 12.8. The fraction of sp³-hybridized carbons (Fsp3) is 0.943. The Bertz CT molecular complexity index is 497. The van der Waals surface area contributed by atoms with Crippen molar-refractivity contribution in [1.29, 1.82) is 0 Å². The second-order valence-corrected chi connectivity index (χ2v) is 12.8. The van der Waals surface area contributed by atoms with Crippen molar-refractivity contribution in [3.63, 3.8) is 0 Å². The lowest BCUT2D eigenvalue weighted by Crippen LogP contribution is -2.28. The van der Waals surface area contributed by atoms with Crippen LogP contribution in [0.15, 0.2) is 0 Å². The molecule has 0 fully saturated rings. The monoisotopic (exact) mass is 553 g/mol. The fourth-order valence-corrected chi connectivity index (χ4v) is 4.96. The van der Waals surface area contributed by atoms with Crippen LogP contribution in [0.25, 0.3) is 0 Å². The van der Waals surface area contributed by atoms with Gasteiger partial charge in [0.2, 0.25) is 0 Å². The molecule has 0 aromatic rings. The topological polar surface area (TPSA) is 52.6 Å². The zero-order chi connectivity index (χ0) is 28.9. The summed E-state index contributed by atoms with van der Waals surface area (Å²) in [6.45, 7) is 9.11. The average Bonchev–Trinajstić information content (AvgIpc) is 2.92. The number of rotatable bonds is 30. The van der Waals surface area contributed by atoms with Crippen molar-refractivity contribution < 1.29 is 19.1 Å². The molecule has 0 aromatic heterocycles. The Hall–Kier alpha value is -1.06. The summed E-state index contributed by atoms with van der Waals surface area (Å²) in [5.74, 6) is -0.254. The smallest absolute Gasteiger partial charge is 0.305 e. The van der Waals surface area contributed by atoms with Gasteiger partial charge < -0.3 is 9.47 Å². The van der Waals surface area contributed by atoms with Crippen molar-refractivity contribution in [2.45, 2.75) is 195 Å². The molecular weight excluding hydrogens is 484 g/mol. The minimum Gasteiger partial charge on any atom is -0.465 e. The van der Waals surface area contributed by atoms with Crippen LogP contribution in [-0.2, 0) is 19.1 Å². The van der Waals surface area contributed by atoms with Crippen LogP contribution in [0, 0.1) is 5.41 Å². The molecule has 39 heavy (non-hydrogen) atoms. The molecule has 0 aliphatic carbocycles. The SMILES string of the molecule is CCCCCCCCCCCCCCC(=O)OCC(C)(C)COC(=O)CCCCCCCCCCCCCC. The van der Waals surface area contributed by atoms with Crippen LogP contribution in [0.1, 0.15) is 195 Å². The highest BCUT2D eigenvalue weighted by atomic mass is 16.5. The van der Waals surface area contributed by atoms with Gasteiger partial charge in [-0.05, 0) is 12.8 Å². The van der Waals surface area contributed by atoms with Crippen molar-refractivity contribution in [1.82, 2.24) is 0 Å². The van der Waals surface area contributed by atoms with E-state index in [9.17, 15) is 9.59 Å². The highest BCUT2D eigenvalue weighted by Crippen LogP contribution is 2.18. The van der Waals surface area contributed by atoms with E-state index in [1.165, 1.54) is 128 Å². The summed E-state index contributed by atoms with van der Waals surface area (Å²) >= 11 is 0. The molecular formula is C35H68O4. The molecule has 0 unspecified atom stereocenters. The molecule has 0 aliphatic heterocycles. The lowest BCUT2D eigenvalue weighted by molar-refractivity contribution is -0.152. The van der Waals surface area contributed by atoms with Crippen LogP contribution in [-0.4, -0.2) is 25.2 Å². The van der Waals surface area contributed by atoms with E-state index in [4.69, 9.17) is 9.47 Å². The Morgan fingerprint density at radius 2 is 0.641 bits per heavy atom. The molecule has 232 valence electrons. The number of esters is 2. The van der Waals surface area contributed by atoms with Gasteiger partial charge in [0.05, 0.1) is 13.2 Å². The third-order valence-electron chi connectivity index (χ3n) is 7.72. The van der Waals surface area contributed by atoms with Gasteiger partial charge in [0.1, 0.15) is 0 Å². The molecule has 0 N–H and O–H groups in total. The molecule has 0 heterocycles. The van der Waals surface area contributed by atoms with Gasteiger partial charge in [-0.3, -0.25) is 9.59 Å². The Labute approximate surface area is 244 Å². The summed E-state index contributed by atoms with van der Waals surface area (Å²) in [7, 11) is 0. The van der Waals surface area contributed by atoms with Gasteiger partial charge in [-0.15, -0.1) is 0 Å². The standard InChI is InChI=1S/C35H68O4/c1-5-7-9-11-13-15-17-19-21-23-25-27-29-33(36)38-31-35(3,4)32-39-34(37)30-28-26-24-22-20-18-16-14-12-10-8-6-2/h5-32H2,1-4H3. The molecule has 0 bridgehead atoms. The Balaban J connectivity index is 3.55. The van der Waals surface area contributed by atoms with E-state index in [-0.39, 0.29) is 17.4 Å². The molecule has 0 rings (SSSR count). The number of ether oxygens (including phenoxy) is 2. The van der Waals surface area contributed by atoms with E-state index in [2.05, 4.69) is 13.8 Å². The first-order valence-corrected chi connectivity index (χ1v) is 17.2. The van der Waals surface area contributed by atoms with Gasteiger partial charge in [0, 0.05) is 18.3 Å². The minimum absolute atomic E-state index is 0.127. The Morgan fingerprint density at radius 1 is 0.410 bits per heavy atom. The third kappa shape index (κ3) is 29.7. The molecule has 0 aromatic carbocycles. The number of carbonyl (C=O) groups excluding carboxylic acids is 2. The summed E-state index contributed by atoms with van der Waals surface area (Å²) in [5.41, 5.74) is -0.349. The van der Waals surface area contributed by atoms with E-state index in [0.29, 0.717) is 26.1 Å². The zero-order valence-corrected chi connectivity index (χ0v) is 26.9. The molecule has 0 spiro atoms. The first kappa shape index (κ1) is 37.9. The molecule has 4 nitrogen and oxygen atoms in total. The first-order valence-electron chi connectivity index (χ1n) is 17.2. The van der Waals surface area contributed by atoms with Gasteiger partial charge in [-0.1, -0.05) is 169 Å². The van der Waals surface area contributed by atoms with Crippen LogP contribution in [0.3, 0.4) is 0 Å². The predicted molar refractivity (Wildman–Crippen MR) is 167 cm³/mol. The maximum absolute atomic E-state index is 12.1. The number of hydrogen-bond donors (Lipinski definition) is 0. The van der Waals surface area contributed by atoms with Crippen LogP contribution < -0.4 is 0 Å². The first-order chi connectivity index (χ1) is 18.9. The van der Waals surface area contributed by atoms with Gasteiger partial charge >= 0.3 is 11.9 Å². The molecule has 0 atom stereocenters. The summed E-state index contributed by atoms with van der Waals surface area (Å²) in [5, 5.41) is 0. The van der Waals surface area contributed by atoms with Crippen LogP contribution in [0.5, 0.6) is 0 Å². The van der Waals surface area contributed by atoms with Gasteiger partial charge in [-0.2, -0.15) is 0 Å². The maximum atomic E-state index is 12.1. The van der Waals surface area contributed by atoms with Crippen molar-refractivity contribution in [3.05, 3.63) is 0 Å². The Morgan fingerprint density at radius 3 is 0.897 bits per heavy atom. The van der Waals surface area contributed by atoms with Gasteiger partial charge in [-0.25, -0.2) is 0 Å². The van der Waals surface area contributed by atoms with Crippen molar-refractivity contribution in [2.75, 3.05) is 13.2 Å². The van der Waals surface area contributed by atoms with Crippen molar-refractivity contribution in [3.8, 4) is 0 Å². The second kappa shape index (κ2) is 28.5. The molecule has 0 aliphatic rings. The third-order valence-corrected chi connectivity index (χ3v) is 7.72. The van der Waals surface area contributed by atoms with E-state index in [0.717, 1.165) is 25.7 Å². The maximum Gasteiger partial charge on any atom is 0.305 e. The lowest BCUT2D eigenvalue weighted by Gasteiger charge is -2.23. The zero-order valence-electron chi connectivity index (χ0n) is 26.9. The summed E-state index contributed by atoms with van der Waals surface area (Å²) < 4.78 is 11.0. The van der Waals surface area contributed by atoms with Crippen LogP contribution >= 0.6 is 0 Å². The highest BCUT2D eigenvalue weighted by Gasteiger charge is 2.22. The number of hydrogen-bond acceptors (Lipinski definition) is 4. The van der Waals surface area contributed by atoms with Gasteiger partial charge in [0.15, 0.2) is 0 Å². The quantitative estimate of drug-likeness (QED) is 0.0656. The minimum atomic E-state index is -0.349. The summed E-state index contributed by atoms with van der Waals surface area (Å²) in [6, 6.07) is 0. The van der Waals surface area contributed by atoms with Crippen molar-refractivity contribution in [2.24, 2.45) is 5.41 Å².